The Morgan fingerprint density at radius 2 is 1.53 bits per heavy atom. The minimum atomic E-state index is -4.61. The van der Waals surface area contributed by atoms with E-state index in [1.807, 2.05) is 20.8 Å². The number of esters is 2. The summed E-state index contributed by atoms with van der Waals surface area (Å²) in [5, 5.41) is 26.9. The van der Waals surface area contributed by atoms with Crippen molar-refractivity contribution in [2.45, 2.75) is 57.4 Å². The van der Waals surface area contributed by atoms with E-state index in [1.165, 1.54) is 71.2 Å². The van der Waals surface area contributed by atoms with Crippen LogP contribution in [0.15, 0.2) is 65.8 Å². The van der Waals surface area contributed by atoms with Crippen molar-refractivity contribution in [3.8, 4) is 23.3 Å². The molecule has 0 bridgehead atoms. The number of carboxylic acid groups (broad SMARTS) is 1. The summed E-state index contributed by atoms with van der Waals surface area (Å²) >= 11 is 11.5. The maximum absolute atomic E-state index is 12.7. The summed E-state index contributed by atoms with van der Waals surface area (Å²) in [5.74, 6) is -3.16. The number of carbonyl (C=O) groups is 5. The molecule has 3 aromatic heterocycles. The number of carboxylic acids is 1. The second kappa shape index (κ2) is 33.0. The molecule has 0 saturated heterocycles. The van der Waals surface area contributed by atoms with Crippen molar-refractivity contribution in [2.24, 2.45) is 5.73 Å². The van der Waals surface area contributed by atoms with Crippen molar-refractivity contribution in [2.75, 3.05) is 76.9 Å². The van der Waals surface area contributed by atoms with Gasteiger partial charge in [0, 0.05) is 57.8 Å². The molecule has 8 N–H and O–H groups in total. The van der Waals surface area contributed by atoms with Gasteiger partial charge in [-0.2, -0.15) is 46.5 Å². The van der Waals surface area contributed by atoms with Crippen molar-refractivity contribution in [1.82, 2.24) is 39.5 Å². The number of ether oxygens (including phenoxy) is 5. The Labute approximate surface area is 481 Å². The summed E-state index contributed by atoms with van der Waals surface area (Å²) in [6, 6.07) is 7.49. The number of nitro groups is 1. The van der Waals surface area contributed by atoms with Gasteiger partial charge in [-0.05, 0) is 82.1 Å². The Bertz CT molecular complexity index is 3220. The molecule has 5 aromatic rings. The SMILES string of the molecule is CCNc1nc(Cl)nc(NC(C)C)n1.CCOC(=O)COC(=O)c1cc(Oc2ccc(C(F)(F)F)cc2Cl)ccc1[N+](=O)[O-].COc1cc(OC)nc(NC(=O)NS(=O)(=O)c2ncccc2C(=O)N(C)C)n1.CP(=O)(O)CCC(N)C(=O)O. The monoisotopic (exact) mass is 1250 g/mol. The van der Waals surface area contributed by atoms with Crippen molar-refractivity contribution in [3.63, 3.8) is 0 Å². The zero-order chi connectivity index (χ0) is 63.0. The lowest BCUT2D eigenvalue weighted by Crippen LogP contribution is -2.36. The number of nitrogens with two attached hydrogens (primary N) is 1. The van der Waals surface area contributed by atoms with Crippen LogP contribution in [0.1, 0.15) is 60.4 Å². The first-order valence-electron chi connectivity index (χ1n) is 23.5. The third-order valence-corrected chi connectivity index (χ3v) is 12.1. The van der Waals surface area contributed by atoms with Gasteiger partial charge in [-0.15, -0.1) is 0 Å². The Kier molecular flexibility index (Phi) is 28.1. The molecule has 37 heteroatoms. The number of nitro benzene ring substituents is 1. The van der Waals surface area contributed by atoms with Crippen LogP contribution in [0.2, 0.25) is 10.3 Å². The van der Waals surface area contributed by atoms with E-state index in [1.54, 1.807) is 4.72 Å². The number of benzene rings is 2. The molecule has 0 aliphatic heterocycles. The van der Waals surface area contributed by atoms with E-state index >= 15 is 0 Å². The maximum atomic E-state index is 12.7. The van der Waals surface area contributed by atoms with Gasteiger partial charge in [0.15, 0.2) is 19.0 Å². The third-order valence-electron chi connectivity index (χ3n) is 9.24. The quantitative estimate of drug-likeness (QED) is 0.0182. The second-order valence-corrected chi connectivity index (χ2v) is 21.4. The van der Waals surface area contributed by atoms with E-state index in [9.17, 15) is 60.2 Å². The number of hydrogen-bond acceptors (Lipinski definition) is 24. The number of halogens is 5. The summed E-state index contributed by atoms with van der Waals surface area (Å²) in [7, 11) is -1.95. The lowest BCUT2D eigenvalue weighted by atomic mass is 10.1. The van der Waals surface area contributed by atoms with Gasteiger partial charge in [-0.1, -0.05) is 11.6 Å². The van der Waals surface area contributed by atoms with Crippen molar-refractivity contribution in [1.29, 1.82) is 0 Å². The molecule has 30 nitrogen and oxygen atoms in total. The van der Waals surface area contributed by atoms with E-state index in [4.69, 9.17) is 57.9 Å². The number of aromatic nitrogens is 6. The number of urea groups is 1. The predicted molar refractivity (Wildman–Crippen MR) is 292 cm³/mol. The van der Waals surface area contributed by atoms with E-state index in [0.717, 1.165) is 36.9 Å². The number of anilines is 3. The van der Waals surface area contributed by atoms with Crippen LogP contribution in [-0.2, 0) is 39.8 Å². The van der Waals surface area contributed by atoms with Crippen LogP contribution in [-0.4, -0.2) is 161 Å². The van der Waals surface area contributed by atoms with Gasteiger partial charge in [0.2, 0.25) is 34.9 Å². The van der Waals surface area contributed by atoms with Crippen LogP contribution in [0.4, 0.5) is 41.5 Å². The number of amides is 3. The summed E-state index contributed by atoms with van der Waals surface area (Å²) in [6.07, 6.45) is -3.42. The third kappa shape index (κ3) is 25.2. The number of sulfonamides is 1. The van der Waals surface area contributed by atoms with Crippen LogP contribution < -0.4 is 40.6 Å². The molecular weight excluding hydrogens is 1200 g/mol. The minimum absolute atomic E-state index is 0.0412. The number of pyridine rings is 1. The number of nitrogens with one attached hydrogen (secondary N) is 4. The van der Waals surface area contributed by atoms with E-state index in [-0.39, 0.29) is 70.3 Å². The summed E-state index contributed by atoms with van der Waals surface area (Å²) in [6.45, 7) is 8.73. The maximum Gasteiger partial charge on any atom is 0.416 e. The fraction of sp³-hybridized carbons (Fsp3) is 0.370. The fourth-order valence-electron chi connectivity index (χ4n) is 5.58. The highest BCUT2D eigenvalue weighted by molar-refractivity contribution is 7.90. The molecular formula is C46H57Cl2F3N13O17PS. The first-order valence-corrected chi connectivity index (χ1v) is 28.0. The first-order chi connectivity index (χ1) is 38.6. The van der Waals surface area contributed by atoms with Crippen LogP contribution in [0.25, 0.3) is 0 Å². The van der Waals surface area contributed by atoms with Gasteiger partial charge >= 0.3 is 30.1 Å². The Hall–Kier alpha value is -8.30. The van der Waals surface area contributed by atoms with Crippen LogP contribution >= 0.6 is 30.6 Å². The van der Waals surface area contributed by atoms with Crippen LogP contribution in [0.5, 0.6) is 23.3 Å². The second-order valence-electron chi connectivity index (χ2n) is 16.5. The number of hydrogen-bond donors (Lipinski definition) is 7. The number of methoxy groups -OCH3 is 2. The molecule has 0 spiro atoms. The highest BCUT2D eigenvalue weighted by atomic mass is 35.5. The molecule has 83 heavy (non-hydrogen) atoms. The van der Waals surface area contributed by atoms with E-state index in [0.29, 0.717) is 18.0 Å². The van der Waals surface area contributed by atoms with Crippen LogP contribution in [0, 0.1) is 10.1 Å². The summed E-state index contributed by atoms with van der Waals surface area (Å²) in [4.78, 5) is 102. The van der Waals surface area contributed by atoms with Gasteiger partial charge in [0.25, 0.3) is 21.6 Å². The molecule has 3 heterocycles. The van der Waals surface area contributed by atoms with Crippen molar-refractivity contribution < 1.29 is 88.7 Å². The van der Waals surface area contributed by atoms with Gasteiger partial charge in [-0.3, -0.25) is 29.6 Å². The lowest BCUT2D eigenvalue weighted by molar-refractivity contribution is -0.385. The zero-order valence-electron chi connectivity index (χ0n) is 45.4. The molecule has 2 aromatic carbocycles. The average molecular weight is 1250 g/mol. The normalized spacial score (nSPS) is 11.8. The molecule has 0 fully saturated rings. The lowest BCUT2D eigenvalue weighted by Gasteiger charge is -2.14. The predicted octanol–water partition coefficient (Wildman–Crippen LogP) is 6.35. The van der Waals surface area contributed by atoms with Gasteiger partial charge < -0.3 is 55.0 Å². The Morgan fingerprint density at radius 3 is 2.05 bits per heavy atom. The average Bonchev–Trinajstić information content (AvgIpc) is 3.61. The molecule has 454 valence electrons. The smallest absolute Gasteiger partial charge is 0.416 e. The van der Waals surface area contributed by atoms with Gasteiger partial charge in [-0.25, -0.2) is 24.1 Å². The molecule has 0 radical (unpaired) electrons. The summed E-state index contributed by atoms with van der Waals surface area (Å²) in [5.41, 5.74) is 2.74. The number of carbonyl (C=O) groups excluding carboxylic acids is 4. The summed E-state index contributed by atoms with van der Waals surface area (Å²) < 4.78 is 100. The number of rotatable bonds is 21. The molecule has 2 unspecified atom stereocenters. The molecule has 5 rings (SSSR count). The van der Waals surface area contributed by atoms with Crippen LogP contribution in [0.3, 0.4) is 0 Å². The van der Waals surface area contributed by atoms with Crippen molar-refractivity contribution in [3.05, 3.63) is 97.9 Å². The largest absolute Gasteiger partial charge is 0.481 e. The Balaban J connectivity index is 0.000000407. The van der Waals surface area contributed by atoms with Crippen molar-refractivity contribution >= 4 is 94.0 Å². The Morgan fingerprint density at radius 1 is 0.904 bits per heavy atom. The fourth-order valence-corrected chi connectivity index (χ4v) is 7.75. The molecule has 2 atom stereocenters. The zero-order valence-corrected chi connectivity index (χ0v) is 48.6. The topological polar surface area (TPSA) is 421 Å². The van der Waals surface area contributed by atoms with Gasteiger partial charge in [0.1, 0.15) is 23.1 Å². The minimum Gasteiger partial charge on any atom is -0.481 e. The molecule has 0 aliphatic carbocycles. The number of aliphatic carboxylic acids is 1. The van der Waals surface area contributed by atoms with E-state index < -0.39 is 92.8 Å². The number of alkyl halides is 3. The highest BCUT2D eigenvalue weighted by Gasteiger charge is 2.32. The number of nitrogens with zero attached hydrogens (tertiary/aromatic N) is 8. The first kappa shape index (κ1) is 70.8. The van der Waals surface area contributed by atoms with E-state index in [2.05, 4.69) is 50.6 Å². The van der Waals surface area contributed by atoms with Gasteiger partial charge in [0.05, 0.1) is 48.0 Å². The molecule has 3 amide bonds. The molecule has 0 saturated carbocycles. The molecule has 0 aliphatic rings. The highest BCUT2D eigenvalue weighted by Crippen LogP contribution is 2.38. The standard InChI is InChI=1S/C18H13ClF3NO7.C15H18N6O6S.C8H14ClN5.C5H12NO4P/c1-2-28-16(24)9-29-17(25)12-8-11(4-5-14(12)23(26)27)30-15-6-3-10(7-13(15)19)18(20,21)22;1-21(2)13(22)9-6-5-7-16-12(9)28(24,25)20-15(23)19-14-17-10(26-3)8-11(18-14)27-4;1-4-10-7-12-6(9)13-8(14-7)11-5(2)3;1-11(9,10)3-2-4(6)5(7)8/h3-8H,2,9H2,1H3;5-8H,1-4H3,(H2,17,18,19,20,23);5H,4H2,1-3H3,(H2,10,11,12,13,14);4H,2-3,6H2,1H3,(H,7,8)(H,9,10).